The van der Waals surface area contributed by atoms with Crippen molar-refractivity contribution in [3.8, 4) is 17.5 Å². The lowest BCUT2D eigenvalue weighted by molar-refractivity contribution is -0.0657. The molecule has 1 aliphatic heterocycles. The van der Waals surface area contributed by atoms with Crippen molar-refractivity contribution in [1.82, 2.24) is 10.2 Å². The molecule has 0 amide bonds. The van der Waals surface area contributed by atoms with E-state index in [4.69, 9.17) is 30.8 Å². The van der Waals surface area contributed by atoms with Gasteiger partial charge in [-0.15, -0.1) is 10.2 Å². The Morgan fingerprint density at radius 3 is 2.95 bits per heavy atom. The molecule has 0 bridgehead atoms. The van der Waals surface area contributed by atoms with Crippen molar-refractivity contribution < 1.29 is 13.9 Å². The number of aromatic nitrogens is 2. The Bertz CT molecular complexity index is 717. The average Bonchev–Trinajstić information content (AvgIpc) is 3.17. The minimum atomic E-state index is -0.670. The number of ether oxygens (including phenoxy) is 2. The highest BCUT2D eigenvalue weighted by molar-refractivity contribution is 6.32. The summed E-state index contributed by atoms with van der Waals surface area (Å²) >= 11 is 6.03. The molecule has 0 N–H and O–H groups in total. The lowest BCUT2D eigenvalue weighted by Crippen LogP contribution is -2.30. The topological polar surface area (TPSA) is 81.2 Å². The van der Waals surface area contributed by atoms with Crippen LogP contribution in [-0.4, -0.2) is 30.0 Å². The van der Waals surface area contributed by atoms with Crippen molar-refractivity contribution in [3.63, 3.8) is 0 Å². The van der Waals surface area contributed by atoms with E-state index in [1.165, 1.54) is 0 Å². The maximum Gasteiger partial charge on any atom is 0.251 e. The molecule has 1 aromatic carbocycles. The van der Waals surface area contributed by atoms with E-state index in [0.29, 0.717) is 54.2 Å². The molecule has 1 atom stereocenters. The highest BCUT2D eigenvalue weighted by Gasteiger charge is 2.43. The van der Waals surface area contributed by atoms with Gasteiger partial charge in [-0.05, 0) is 25.1 Å². The van der Waals surface area contributed by atoms with E-state index in [1.54, 1.807) is 18.2 Å². The maximum atomic E-state index is 8.90. The summed E-state index contributed by atoms with van der Waals surface area (Å²) in [6.07, 6.45) is 0.677. The van der Waals surface area contributed by atoms with Crippen LogP contribution in [0.5, 0.6) is 0 Å². The Morgan fingerprint density at radius 2 is 2.32 bits per heavy atom. The molecule has 1 aromatic heterocycles. The average molecular weight is 320 g/mol. The lowest BCUT2D eigenvalue weighted by Gasteiger charge is -2.22. The Kier molecular flexibility index (Phi) is 4.12. The van der Waals surface area contributed by atoms with Crippen LogP contribution in [0.4, 0.5) is 0 Å². The highest BCUT2D eigenvalue weighted by Crippen LogP contribution is 2.35. The highest BCUT2D eigenvalue weighted by atomic mass is 35.5. The van der Waals surface area contributed by atoms with Crippen LogP contribution in [0.1, 0.15) is 24.8 Å². The van der Waals surface area contributed by atoms with E-state index in [1.807, 2.05) is 13.0 Å². The molecule has 114 valence electrons. The fraction of sp³-hybridized carbons (Fsp3) is 0.400. The zero-order valence-electron chi connectivity index (χ0n) is 12.0. The summed E-state index contributed by atoms with van der Waals surface area (Å²) in [5.74, 6) is 0.745. The van der Waals surface area contributed by atoms with Gasteiger partial charge in [0, 0.05) is 18.6 Å². The van der Waals surface area contributed by atoms with Gasteiger partial charge in [0.25, 0.3) is 5.89 Å². The Balaban J connectivity index is 1.93. The minimum Gasteiger partial charge on any atom is -0.417 e. The molecule has 3 rings (SSSR count). The third kappa shape index (κ3) is 2.59. The molecule has 0 saturated carbocycles. The standard InChI is InChI=1S/C15H14ClN3O3/c1-2-21-15(5-6-20-9-15)14-19-18-13(22-14)10-3-4-11(8-17)12(16)7-10/h3-4,7H,2,5-6,9H2,1H3. The first-order valence-corrected chi connectivity index (χ1v) is 7.32. The smallest absolute Gasteiger partial charge is 0.251 e. The van der Waals surface area contributed by atoms with E-state index < -0.39 is 5.60 Å². The molecule has 0 aliphatic carbocycles. The first kappa shape index (κ1) is 15.0. The largest absolute Gasteiger partial charge is 0.417 e. The molecule has 1 aliphatic rings. The van der Waals surface area contributed by atoms with Crippen molar-refractivity contribution in [2.45, 2.75) is 18.9 Å². The van der Waals surface area contributed by atoms with E-state index in [0.717, 1.165) is 0 Å². The number of nitriles is 1. The molecule has 6 nitrogen and oxygen atoms in total. The van der Waals surface area contributed by atoms with E-state index >= 15 is 0 Å². The Hall–Kier alpha value is -1.94. The van der Waals surface area contributed by atoms with Gasteiger partial charge < -0.3 is 13.9 Å². The lowest BCUT2D eigenvalue weighted by atomic mass is 10.0. The zero-order chi connectivity index (χ0) is 15.6. The van der Waals surface area contributed by atoms with Gasteiger partial charge in [0.05, 0.1) is 23.8 Å². The number of halogens is 1. The van der Waals surface area contributed by atoms with Crippen LogP contribution in [0.3, 0.4) is 0 Å². The number of nitrogens with zero attached hydrogens (tertiary/aromatic N) is 3. The Morgan fingerprint density at radius 1 is 1.45 bits per heavy atom. The monoisotopic (exact) mass is 319 g/mol. The van der Waals surface area contributed by atoms with Crippen molar-refractivity contribution in [3.05, 3.63) is 34.7 Å². The van der Waals surface area contributed by atoms with Crippen molar-refractivity contribution >= 4 is 11.6 Å². The minimum absolute atomic E-state index is 0.340. The van der Waals surface area contributed by atoms with Crippen LogP contribution in [0.25, 0.3) is 11.5 Å². The fourth-order valence-electron chi connectivity index (χ4n) is 2.43. The summed E-state index contributed by atoms with van der Waals surface area (Å²) in [6.45, 7) is 3.44. The third-order valence-electron chi connectivity index (χ3n) is 3.56. The molecular weight excluding hydrogens is 306 g/mol. The summed E-state index contributed by atoms with van der Waals surface area (Å²) in [7, 11) is 0. The van der Waals surface area contributed by atoms with Crippen LogP contribution in [0.2, 0.25) is 5.02 Å². The first-order chi connectivity index (χ1) is 10.7. The summed E-state index contributed by atoms with van der Waals surface area (Å²) in [6, 6.07) is 6.99. The van der Waals surface area contributed by atoms with Gasteiger partial charge in [-0.3, -0.25) is 0 Å². The van der Waals surface area contributed by atoms with E-state index in [2.05, 4.69) is 10.2 Å². The van der Waals surface area contributed by atoms with E-state index in [-0.39, 0.29) is 0 Å². The predicted molar refractivity (Wildman–Crippen MR) is 78.2 cm³/mol. The first-order valence-electron chi connectivity index (χ1n) is 6.94. The SMILES string of the molecule is CCOC1(c2nnc(-c3ccc(C#N)c(Cl)c3)o2)CCOC1. The van der Waals surface area contributed by atoms with Crippen LogP contribution >= 0.6 is 11.6 Å². The molecular formula is C15H14ClN3O3. The van der Waals surface area contributed by atoms with Crippen molar-refractivity contribution in [2.24, 2.45) is 0 Å². The molecule has 2 aromatic rings. The molecule has 7 heteroatoms. The molecule has 1 fully saturated rings. The normalized spacial score (nSPS) is 21.0. The molecule has 1 saturated heterocycles. The summed E-state index contributed by atoms with van der Waals surface area (Å²) < 4.78 is 17.0. The van der Waals surface area contributed by atoms with Gasteiger partial charge in [-0.25, -0.2) is 0 Å². The molecule has 1 unspecified atom stereocenters. The van der Waals surface area contributed by atoms with Gasteiger partial charge in [0.2, 0.25) is 5.89 Å². The fourth-order valence-corrected chi connectivity index (χ4v) is 2.65. The number of benzene rings is 1. The number of rotatable bonds is 4. The van der Waals surface area contributed by atoms with Crippen molar-refractivity contribution in [2.75, 3.05) is 19.8 Å². The molecule has 22 heavy (non-hydrogen) atoms. The Labute approximate surface area is 132 Å². The van der Waals surface area contributed by atoms with Gasteiger partial charge in [0.15, 0.2) is 5.60 Å². The quantitative estimate of drug-likeness (QED) is 0.861. The van der Waals surface area contributed by atoms with E-state index in [9.17, 15) is 0 Å². The predicted octanol–water partition coefficient (Wildman–Crippen LogP) is 2.91. The van der Waals surface area contributed by atoms with Gasteiger partial charge in [0.1, 0.15) is 6.07 Å². The van der Waals surface area contributed by atoms with Crippen LogP contribution < -0.4 is 0 Å². The molecule has 0 spiro atoms. The van der Waals surface area contributed by atoms with Crippen LogP contribution in [0, 0.1) is 11.3 Å². The number of hydrogen-bond acceptors (Lipinski definition) is 6. The zero-order valence-corrected chi connectivity index (χ0v) is 12.8. The maximum absolute atomic E-state index is 8.90. The summed E-state index contributed by atoms with van der Waals surface area (Å²) in [5.41, 5.74) is 0.393. The van der Waals surface area contributed by atoms with Crippen LogP contribution in [-0.2, 0) is 15.1 Å². The van der Waals surface area contributed by atoms with Gasteiger partial charge >= 0.3 is 0 Å². The molecule has 2 heterocycles. The second kappa shape index (κ2) is 6.05. The van der Waals surface area contributed by atoms with Gasteiger partial charge in [-0.1, -0.05) is 11.6 Å². The summed E-state index contributed by atoms with van der Waals surface area (Å²) in [5, 5.41) is 17.4. The molecule has 0 radical (unpaired) electrons. The summed E-state index contributed by atoms with van der Waals surface area (Å²) in [4.78, 5) is 0. The van der Waals surface area contributed by atoms with Gasteiger partial charge in [-0.2, -0.15) is 5.26 Å². The second-order valence-electron chi connectivity index (χ2n) is 4.95. The second-order valence-corrected chi connectivity index (χ2v) is 5.36. The van der Waals surface area contributed by atoms with Crippen LogP contribution in [0.15, 0.2) is 22.6 Å². The van der Waals surface area contributed by atoms with Crippen molar-refractivity contribution in [1.29, 1.82) is 5.26 Å². The number of hydrogen-bond donors (Lipinski definition) is 0. The third-order valence-corrected chi connectivity index (χ3v) is 3.87.